The lowest BCUT2D eigenvalue weighted by Crippen LogP contribution is -2.28. The number of thioether (sulfide) groups is 1. The van der Waals surface area contributed by atoms with E-state index in [1.807, 2.05) is 61.7 Å². The molecule has 0 heterocycles. The quantitative estimate of drug-likeness (QED) is 0.860. The minimum Gasteiger partial charge on any atom is -0.387 e. The van der Waals surface area contributed by atoms with Crippen molar-refractivity contribution in [1.29, 1.82) is 0 Å². The number of carbonyl (C=O) groups is 1. The van der Waals surface area contributed by atoms with Crippen LogP contribution in [0.5, 0.6) is 0 Å². The first kappa shape index (κ1) is 16.6. The van der Waals surface area contributed by atoms with Gasteiger partial charge in [0.05, 0.1) is 6.10 Å². The summed E-state index contributed by atoms with van der Waals surface area (Å²) in [5.41, 5.74) is 3.68. The zero-order chi connectivity index (χ0) is 15.9. The maximum Gasteiger partial charge on any atom is 0.251 e. The number of rotatable bonds is 6. The molecule has 116 valence electrons. The summed E-state index contributed by atoms with van der Waals surface area (Å²) in [5, 5.41) is 13.0. The molecule has 22 heavy (non-hydrogen) atoms. The second-order valence-electron chi connectivity index (χ2n) is 5.21. The highest BCUT2D eigenvalue weighted by atomic mass is 32.2. The van der Waals surface area contributed by atoms with Crippen LogP contribution in [0, 0.1) is 6.92 Å². The molecule has 0 fully saturated rings. The number of aliphatic hydroxyl groups excluding tert-OH is 1. The van der Waals surface area contributed by atoms with Crippen LogP contribution in [-0.2, 0) is 5.75 Å². The van der Waals surface area contributed by atoms with Crippen LogP contribution in [0.3, 0.4) is 0 Å². The van der Waals surface area contributed by atoms with Crippen molar-refractivity contribution in [3.05, 3.63) is 70.8 Å². The lowest BCUT2D eigenvalue weighted by Gasteiger charge is -2.14. The van der Waals surface area contributed by atoms with Crippen molar-refractivity contribution >= 4 is 17.7 Å². The molecule has 0 aliphatic rings. The van der Waals surface area contributed by atoms with Crippen molar-refractivity contribution in [1.82, 2.24) is 5.32 Å². The molecule has 2 rings (SSSR count). The molecule has 0 radical (unpaired) electrons. The van der Waals surface area contributed by atoms with E-state index >= 15 is 0 Å². The minimum absolute atomic E-state index is 0.164. The maximum atomic E-state index is 12.1. The van der Waals surface area contributed by atoms with Crippen LogP contribution in [0.1, 0.15) is 33.2 Å². The number of benzene rings is 2. The van der Waals surface area contributed by atoms with Gasteiger partial charge in [-0.2, -0.15) is 11.8 Å². The zero-order valence-electron chi connectivity index (χ0n) is 12.9. The van der Waals surface area contributed by atoms with E-state index in [-0.39, 0.29) is 12.5 Å². The van der Waals surface area contributed by atoms with Gasteiger partial charge in [0, 0.05) is 17.9 Å². The van der Waals surface area contributed by atoms with Gasteiger partial charge in [0.15, 0.2) is 0 Å². The van der Waals surface area contributed by atoms with Gasteiger partial charge in [0.1, 0.15) is 0 Å². The summed E-state index contributed by atoms with van der Waals surface area (Å²) in [6.07, 6.45) is 1.36. The first-order chi connectivity index (χ1) is 10.6. The summed E-state index contributed by atoms with van der Waals surface area (Å²) < 4.78 is 0. The van der Waals surface area contributed by atoms with E-state index in [1.54, 1.807) is 11.8 Å². The molecule has 1 unspecified atom stereocenters. The molecule has 1 atom stereocenters. The van der Waals surface area contributed by atoms with E-state index in [9.17, 15) is 9.90 Å². The predicted octanol–water partition coefficient (Wildman–Crippen LogP) is 3.32. The molecule has 0 aromatic heterocycles. The van der Waals surface area contributed by atoms with Crippen molar-refractivity contribution < 1.29 is 9.90 Å². The van der Waals surface area contributed by atoms with Gasteiger partial charge in [-0.05, 0) is 42.0 Å². The SMILES string of the molecule is CSCc1ccc(C(=O)NCC(O)c2ccccc2C)cc1. The summed E-state index contributed by atoms with van der Waals surface area (Å²) in [5.74, 6) is 0.775. The van der Waals surface area contributed by atoms with Crippen LogP contribution >= 0.6 is 11.8 Å². The Balaban J connectivity index is 1.93. The molecule has 2 aromatic rings. The highest BCUT2D eigenvalue weighted by Gasteiger charge is 2.12. The van der Waals surface area contributed by atoms with Crippen LogP contribution in [0.2, 0.25) is 0 Å². The number of aliphatic hydroxyl groups is 1. The van der Waals surface area contributed by atoms with Gasteiger partial charge < -0.3 is 10.4 Å². The van der Waals surface area contributed by atoms with Crippen LogP contribution in [0.4, 0.5) is 0 Å². The molecule has 2 N–H and O–H groups in total. The number of carbonyl (C=O) groups excluding carboxylic acids is 1. The summed E-state index contributed by atoms with van der Waals surface area (Å²) in [6, 6.07) is 15.2. The molecule has 4 heteroatoms. The number of hydrogen-bond acceptors (Lipinski definition) is 3. The minimum atomic E-state index is -0.694. The topological polar surface area (TPSA) is 49.3 Å². The molecule has 0 spiro atoms. The van der Waals surface area contributed by atoms with Gasteiger partial charge in [-0.25, -0.2) is 0 Å². The normalized spacial score (nSPS) is 12.0. The highest BCUT2D eigenvalue weighted by molar-refractivity contribution is 7.97. The van der Waals surface area contributed by atoms with Crippen molar-refractivity contribution in [2.24, 2.45) is 0 Å². The van der Waals surface area contributed by atoms with Gasteiger partial charge in [0.25, 0.3) is 5.91 Å². The average Bonchev–Trinajstić information content (AvgIpc) is 2.54. The van der Waals surface area contributed by atoms with Gasteiger partial charge in [-0.3, -0.25) is 4.79 Å². The van der Waals surface area contributed by atoms with Gasteiger partial charge in [-0.15, -0.1) is 0 Å². The number of hydrogen-bond donors (Lipinski definition) is 2. The van der Waals surface area contributed by atoms with Crippen LogP contribution in [0.15, 0.2) is 48.5 Å². The molecular weight excluding hydrogens is 294 g/mol. The Morgan fingerprint density at radius 3 is 2.50 bits per heavy atom. The molecule has 1 amide bonds. The van der Waals surface area contributed by atoms with Crippen molar-refractivity contribution in [3.63, 3.8) is 0 Å². The summed E-state index contributed by atoms with van der Waals surface area (Å²) in [7, 11) is 0. The maximum absolute atomic E-state index is 12.1. The smallest absolute Gasteiger partial charge is 0.251 e. The second-order valence-corrected chi connectivity index (χ2v) is 6.08. The second kappa shape index (κ2) is 8.01. The summed E-state index contributed by atoms with van der Waals surface area (Å²) in [4.78, 5) is 12.1. The largest absolute Gasteiger partial charge is 0.387 e. The monoisotopic (exact) mass is 315 g/mol. The van der Waals surface area contributed by atoms with Crippen molar-refractivity contribution in [3.8, 4) is 0 Å². The third-order valence-electron chi connectivity index (χ3n) is 3.53. The molecule has 0 aliphatic heterocycles. The lowest BCUT2D eigenvalue weighted by atomic mass is 10.0. The number of amides is 1. The third-order valence-corrected chi connectivity index (χ3v) is 4.15. The van der Waals surface area contributed by atoms with E-state index in [4.69, 9.17) is 0 Å². The molecule has 3 nitrogen and oxygen atoms in total. The van der Waals surface area contributed by atoms with E-state index in [2.05, 4.69) is 5.32 Å². The van der Waals surface area contributed by atoms with E-state index in [0.29, 0.717) is 5.56 Å². The number of aryl methyl sites for hydroxylation is 1. The Kier molecular flexibility index (Phi) is 6.04. The summed E-state index contributed by atoms with van der Waals surface area (Å²) in [6.45, 7) is 2.15. The Morgan fingerprint density at radius 1 is 1.18 bits per heavy atom. The van der Waals surface area contributed by atoms with Crippen molar-refractivity contribution in [2.75, 3.05) is 12.8 Å². The zero-order valence-corrected chi connectivity index (χ0v) is 13.7. The molecular formula is C18H21NO2S. The van der Waals surface area contributed by atoms with E-state index < -0.39 is 6.10 Å². The Bertz CT molecular complexity index is 625. The standard InChI is InChI=1S/C18H21NO2S/c1-13-5-3-4-6-16(13)17(20)11-19-18(21)15-9-7-14(8-10-15)12-22-2/h3-10,17,20H,11-12H2,1-2H3,(H,19,21). The molecule has 0 aliphatic carbocycles. The highest BCUT2D eigenvalue weighted by Crippen LogP contribution is 2.16. The first-order valence-corrected chi connectivity index (χ1v) is 8.61. The molecule has 0 saturated carbocycles. The fourth-order valence-electron chi connectivity index (χ4n) is 2.28. The predicted molar refractivity (Wildman–Crippen MR) is 92.1 cm³/mol. The van der Waals surface area contributed by atoms with Crippen molar-refractivity contribution in [2.45, 2.75) is 18.8 Å². The third kappa shape index (κ3) is 4.36. The molecule has 0 bridgehead atoms. The fraction of sp³-hybridized carbons (Fsp3) is 0.278. The first-order valence-electron chi connectivity index (χ1n) is 7.21. The van der Waals surface area contributed by atoms with Crippen LogP contribution in [0.25, 0.3) is 0 Å². The van der Waals surface area contributed by atoms with Gasteiger partial charge >= 0.3 is 0 Å². The van der Waals surface area contributed by atoms with Gasteiger partial charge in [-0.1, -0.05) is 36.4 Å². The Hall–Kier alpha value is -1.78. The Morgan fingerprint density at radius 2 is 1.86 bits per heavy atom. The lowest BCUT2D eigenvalue weighted by molar-refractivity contribution is 0.0916. The van der Waals surface area contributed by atoms with Gasteiger partial charge in [0.2, 0.25) is 0 Å². The van der Waals surface area contributed by atoms with E-state index in [0.717, 1.165) is 16.9 Å². The molecule has 2 aromatic carbocycles. The fourth-order valence-corrected chi connectivity index (χ4v) is 2.81. The molecule has 0 saturated heterocycles. The average molecular weight is 315 g/mol. The Labute approximate surface area is 135 Å². The summed E-state index contributed by atoms with van der Waals surface area (Å²) >= 11 is 1.75. The van der Waals surface area contributed by atoms with Crippen LogP contribution in [-0.4, -0.2) is 23.8 Å². The van der Waals surface area contributed by atoms with E-state index in [1.165, 1.54) is 5.56 Å². The van der Waals surface area contributed by atoms with Crippen LogP contribution < -0.4 is 5.32 Å². The number of nitrogens with one attached hydrogen (secondary N) is 1.